The average Bonchev–Trinajstić information content (AvgIpc) is 3.42. The third-order valence-corrected chi connectivity index (χ3v) is 12.5. The monoisotopic (exact) mass is 816 g/mol. The van der Waals surface area contributed by atoms with E-state index in [0.717, 1.165) is 18.2 Å². The molecular weight excluding hydrogens is 770 g/mol. The number of fused-ring (bicyclic) bond motifs is 3. The van der Waals surface area contributed by atoms with E-state index < -0.39 is 97.4 Å². The lowest BCUT2D eigenvalue weighted by molar-refractivity contribution is -0.141. The summed E-state index contributed by atoms with van der Waals surface area (Å²) in [7, 11) is -3.52. The highest BCUT2D eigenvalue weighted by Gasteiger charge is 2.62. The Morgan fingerprint density at radius 3 is 2.35 bits per heavy atom. The molecule has 308 valence electrons. The Balaban J connectivity index is 1.29. The summed E-state index contributed by atoms with van der Waals surface area (Å²) in [5.74, 6) is -6.81. The average molecular weight is 817 g/mol. The summed E-state index contributed by atoms with van der Waals surface area (Å²) in [6, 6.07) is 3.92. The molecule has 14 nitrogen and oxygen atoms in total. The first-order chi connectivity index (χ1) is 26.8. The predicted molar refractivity (Wildman–Crippen MR) is 199 cm³/mol. The molecule has 1 saturated carbocycles. The third-order valence-electron chi connectivity index (χ3n) is 11.1. The molecule has 1 saturated heterocycles. The number of nitrogens with one attached hydrogen (secondary N) is 3. The van der Waals surface area contributed by atoms with Gasteiger partial charge in [0.15, 0.2) is 4.90 Å². The van der Waals surface area contributed by atoms with Gasteiger partial charge in [0.25, 0.3) is 15.9 Å². The number of hydrogen-bond acceptors (Lipinski definition) is 8. The van der Waals surface area contributed by atoms with Crippen molar-refractivity contribution in [1.29, 1.82) is 0 Å². The van der Waals surface area contributed by atoms with E-state index in [-0.39, 0.29) is 38.9 Å². The Hall–Kier alpha value is -5.13. The molecule has 3 aliphatic heterocycles. The molecular formula is C39H47F3N6O8S. The lowest BCUT2D eigenvalue weighted by atomic mass is 10.0. The van der Waals surface area contributed by atoms with Gasteiger partial charge in [-0.1, -0.05) is 43.2 Å². The number of hydrogen-bond donors (Lipinski definition) is 3. The zero-order chi connectivity index (χ0) is 41.4. The van der Waals surface area contributed by atoms with Crippen LogP contribution in [0.1, 0.15) is 76.8 Å². The van der Waals surface area contributed by atoms with E-state index in [9.17, 15) is 45.6 Å². The van der Waals surface area contributed by atoms with Crippen LogP contribution in [-0.2, 0) is 42.2 Å². The van der Waals surface area contributed by atoms with Crippen LogP contribution in [0.2, 0.25) is 0 Å². The number of nitrogens with zero attached hydrogens (tertiary/aromatic N) is 3. The van der Waals surface area contributed by atoms with Gasteiger partial charge >= 0.3 is 12.1 Å². The van der Waals surface area contributed by atoms with E-state index in [1.54, 1.807) is 30.0 Å². The Labute approximate surface area is 329 Å². The van der Waals surface area contributed by atoms with Crippen LogP contribution in [0.4, 0.5) is 22.8 Å². The summed E-state index contributed by atoms with van der Waals surface area (Å²) >= 11 is 0. The quantitative estimate of drug-likeness (QED) is 0.376. The van der Waals surface area contributed by atoms with Crippen LogP contribution < -0.4 is 15.4 Å². The standard InChI is InChI=1S/C39H47F3N6O8S/c1-38(2,3)46(4)36(52)43-30-17-9-7-5-6-8-13-24-19-39(24,35(51)45-57(54,55)32-28(41)15-11-16-29(32)42)44-33(49)31-18-25(21-48(31)34(30)50)56-37(53)47-20-23-12-10-14-27(40)26(23)22-47/h8,10-16,24-25,30-31H,5-7,9,17-22H2,1-4H3,(H,43,52)(H,44,49)(H,45,51)/t24-,25-,30+,31+,39-/m1/s1. The fraction of sp³-hybridized carbons (Fsp3) is 0.513. The van der Waals surface area contributed by atoms with Crippen molar-refractivity contribution in [2.75, 3.05) is 13.6 Å². The number of rotatable bonds is 5. The second-order valence-electron chi connectivity index (χ2n) is 16.0. The number of halogens is 3. The third kappa shape index (κ3) is 8.74. The van der Waals surface area contributed by atoms with Gasteiger partial charge in [-0.25, -0.2) is 35.9 Å². The molecule has 2 aromatic carbocycles. The van der Waals surface area contributed by atoms with E-state index in [1.807, 2.05) is 20.8 Å². The van der Waals surface area contributed by atoms with Crippen LogP contribution in [0.5, 0.6) is 0 Å². The SMILES string of the molecule is CN(C(=O)N[C@H]1CCCCCC=C[C@@H]2C[C@@]2(C(=O)NS(=O)(=O)c2c(F)cccc2F)NC(=O)[C@@H]2C[C@@H](OC(=O)N3Cc4cccc(F)c4C3)CN2C1=O)C(C)(C)C. The molecule has 5 atom stereocenters. The molecule has 3 N–H and O–H groups in total. The van der Waals surface area contributed by atoms with Gasteiger partial charge in [-0.15, -0.1) is 0 Å². The first-order valence-electron chi connectivity index (χ1n) is 18.9. The lowest BCUT2D eigenvalue weighted by Gasteiger charge is -2.35. The molecule has 2 fully saturated rings. The highest BCUT2D eigenvalue weighted by molar-refractivity contribution is 7.90. The number of amides is 6. The van der Waals surface area contributed by atoms with Crippen molar-refractivity contribution in [2.24, 2.45) is 5.92 Å². The van der Waals surface area contributed by atoms with Crippen molar-refractivity contribution in [1.82, 2.24) is 30.1 Å². The van der Waals surface area contributed by atoms with Crippen molar-refractivity contribution >= 4 is 39.9 Å². The summed E-state index contributed by atoms with van der Waals surface area (Å²) in [5.41, 5.74) is -1.54. The summed E-state index contributed by atoms with van der Waals surface area (Å²) in [6.45, 7) is 5.21. The maximum absolute atomic E-state index is 14.5. The van der Waals surface area contributed by atoms with Crippen LogP contribution in [-0.4, -0.2) is 95.8 Å². The van der Waals surface area contributed by atoms with Crippen LogP contribution in [0, 0.1) is 23.4 Å². The van der Waals surface area contributed by atoms with Crippen molar-refractivity contribution in [3.8, 4) is 0 Å². The number of ether oxygens (including phenoxy) is 1. The van der Waals surface area contributed by atoms with Crippen molar-refractivity contribution in [3.63, 3.8) is 0 Å². The van der Waals surface area contributed by atoms with Gasteiger partial charge in [-0.2, -0.15) is 0 Å². The minimum atomic E-state index is -5.10. The minimum absolute atomic E-state index is 0.0538. The van der Waals surface area contributed by atoms with Crippen LogP contribution in [0.3, 0.4) is 0 Å². The first-order valence-corrected chi connectivity index (χ1v) is 20.4. The van der Waals surface area contributed by atoms with Gasteiger partial charge in [0.2, 0.25) is 11.8 Å². The minimum Gasteiger partial charge on any atom is -0.444 e. The smallest absolute Gasteiger partial charge is 0.410 e. The molecule has 2 aromatic rings. The maximum Gasteiger partial charge on any atom is 0.410 e. The number of carbonyl (C=O) groups excluding carboxylic acids is 5. The van der Waals surface area contributed by atoms with E-state index >= 15 is 0 Å². The topological polar surface area (TPSA) is 175 Å². The Kier molecular flexibility index (Phi) is 11.7. The van der Waals surface area contributed by atoms with E-state index in [1.165, 1.54) is 26.8 Å². The van der Waals surface area contributed by atoms with Gasteiger partial charge < -0.3 is 25.2 Å². The van der Waals surface area contributed by atoms with Gasteiger partial charge in [0, 0.05) is 37.0 Å². The molecule has 4 aliphatic rings. The summed E-state index contributed by atoms with van der Waals surface area (Å²) in [4.78, 5) is 72.0. The predicted octanol–water partition coefficient (Wildman–Crippen LogP) is 4.23. The summed E-state index contributed by atoms with van der Waals surface area (Å²) in [5, 5.41) is 5.45. The van der Waals surface area contributed by atoms with Crippen LogP contribution in [0.25, 0.3) is 0 Å². The lowest BCUT2D eigenvalue weighted by Crippen LogP contribution is -2.59. The highest BCUT2D eigenvalue weighted by atomic mass is 32.2. The molecule has 18 heteroatoms. The fourth-order valence-electron chi connectivity index (χ4n) is 7.45. The van der Waals surface area contributed by atoms with Gasteiger partial charge in [0.05, 0.1) is 13.1 Å². The molecule has 0 aromatic heterocycles. The molecule has 0 bridgehead atoms. The summed E-state index contributed by atoms with van der Waals surface area (Å²) in [6.07, 6.45) is 3.91. The number of allylic oxidation sites excluding steroid dienone is 1. The number of carbonyl (C=O) groups is 5. The molecule has 3 heterocycles. The number of sulfonamides is 1. The zero-order valence-electron chi connectivity index (χ0n) is 32.1. The Bertz CT molecular complexity index is 2070. The van der Waals surface area contributed by atoms with Crippen molar-refractivity contribution in [2.45, 2.75) is 113 Å². The molecule has 57 heavy (non-hydrogen) atoms. The fourth-order valence-corrected chi connectivity index (χ4v) is 8.62. The Morgan fingerprint density at radius 2 is 1.67 bits per heavy atom. The van der Waals surface area contributed by atoms with Crippen molar-refractivity contribution < 1.29 is 50.3 Å². The normalized spacial score (nSPS) is 25.2. The largest absolute Gasteiger partial charge is 0.444 e. The van der Waals surface area contributed by atoms with E-state index in [4.69, 9.17) is 4.74 Å². The van der Waals surface area contributed by atoms with Crippen LogP contribution in [0.15, 0.2) is 53.4 Å². The van der Waals surface area contributed by atoms with E-state index in [0.29, 0.717) is 36.8 Å². The zero-order valence-corrected chi connectivity index (χ0v) is 33.0. The van der Waals surface area contributed by atoms with Gasteiger partial charge in [0.1, 0.15) is 41.2 Å². The van der Waals surface area contributed by atoms with Gasteiger partial charge in [-0.3, -0.25) is 19.3 Å². The molecule has 1 aliphatic carbocycles. The maximum atomic E-state index is 14.5. The van der Waals surface area contributed by atoms with Crippen LogP contribution >= 0.6 is 0 Å². The molecule has 0 unspecified atom stereocenters. The molecule has 6 rings (SSSR count). The molecule has 0 radical (unpaired) electrons. The molecule has 6 amide bonds. The summed E-state index contributed by atoms with van der Waals surface area (Å²) < 4.78 is 77.4. The number of benzene rings is 2. The number of urea groups is 1. The van der Waals surface area contributed by atoms with Gasteiger partial charge in [-0.05, 0) is 70.2 Å². The van der Waals surface area contributed by atoms with Crippen molar-refractivity contribution in [3.05, 3.63) is 77.1 Å². The second-order valence-corrected chi connectivity index (χ2v) is 17.7. The second kappa shape index (κ2) is 16.0. The highest BCUT2D eigenvalue weighted by Crippen LogP contribution is 2.46. The van der Waals surface area contributed by atoms with E-state index in [2.05, 4.69) is 10.6 Å². The Morgan fingerprint density at radius 1 is 0.982 bits per heavy atom. The first kappa shape index (κ1) is 41.5. The molecule has 0 spiro atoms.